The molecular formula is C27H32N2O5. The zero-order valence-corrected chi connectivity index (χ0v) is 20.1. The molecule has 1 heterocycles. The molecule has 4 rings (SSSR count). The summed E-state index contributed by atoms with van der Waals surface area (Å²) in [5.41, 5.74) is 3.86. The number of fused-ring (bicyclic) bond motifs is 3. The minimum atomic E-state index is -1.02. The molecule has 1 fully saturated rings. The van der Waals surface area contributed by atoms with E-state index in [1.165, 1.54) is 4.90 Å². The largest absolute Gasteiger partial charge is 0.480 e. The summed E-state index contributed by atoms with van der Waals surface area (Å²) in [4.78, 5) is 39.4. The van der Waals surface area contributed by atoms with Gasteiger partial charge in [-0.2, -0.15) is 0 Å². The quantitative estimate of drug-likeness (QED) is 0.689. The number of nitrogens with zero attached hydrogens (tertiary/aromatic N) is 1. The number of nitrogens with one attached hydrogen (secondary N) is 1. The molecule has 7 nitrogen and oxygen atoms in total. The van der Waals surface area contributed by atoms with E-state index in [0.717, 1.165) is 22.3 Å². The third kappa shape index (κ3) is 4.39. The number of carbonyl (C=O) groups is 3. The second-order valence-electron chi connectivity index (χ2n) is 10.3. The lowest BCUT2D eigenvalue weighted by Crippen LogP contribution is -2.57. The van der Waals surface area contributed by atoms with Gasteiger partial charge in [-0.25, -0.2) is 9.59 Å². The van der Waals surface area contributed by atoms with Crippen molar-refractivity contribution in [2.75, 3.05) is 13.2 Å². The number of ether oxygens (including phenoxy) is 1. The fourth-order valence-corrected chi connectivity index (χ4v) is 5.14. The van der Waals surface area contributed by atoms with Crippen LogP contribution in [0.3, 0.4) is 0 Å². The van der Waals surface area contributed by atoms with Crippen molar-refractivity contribution in [1.82, 2.24) is 10.2 Å². The lowest BCUT2D eigenvalue weighted by Gasteiger charge is -2.35. The molecule has 2 N–H and O–H groups in total. The summed E-state index contributed by atoms with van der Waals surface area (Å²) in [7, 11) is 0. The van der Waals surface area contributed by atoms with Crippen LogP contribution < -0.4 is 5.32 Å². The molecule has 1 aliphatic carbocycles. The first-order valence-electron chi connectivity index (χ1n) is 11.7. The molecule has 180 valence electrons. The van der Waals surface area contributed by atoms with Crippen LogP contribution in [0.1, 0.15) is 51.2 Å². The van der Waals surface area contributed by atoms with Crippen molar-refractivity contribution in [3.05, 3.63) is 59.7 Å². The molecule has 1 aliphatic heterocycles. The Morgan fingerprint density at radius 3 is 2.15 bits per heavy atom. The van der Waals surface area contributed by atoms with E-state index in [9.17, 15) is 19.5 Å². The molecule has 0 bridgehead atoms. The molecule has 2 aromatic carbocycles. The maximum Gasteiger partial charge on any atom is 0.407 e. The summed E-state index contributed by atoms with van der Waals surface area (Å²) in [6.45, 7) is 7.86. The normalized spacial score (nSPS) is 20.4. The van der Waals surface area contributed by atoms with Gasteiger partial charge in [-0.05, 0) is 40.0 Å². The zero-order valence-electron chi connectivity index (χ0n) is 20.1. The average molecular weight is 465 g/mol. The van der Waals surface area contributed by atoms with E-state index in [4.69, 9.17) is 4.74 Å². The van der Waals surface area contributed by atoms with E-state index in [2.05, 4.69) is 17.4 Å². The molecule has 0 aromatic heterocycles. The van der Waals surface area contributed by atoms with Crippen LogP contribution in [0.2, 0.25) is 0 Å². The van der Waals surface area contributed by atoms with Crippen LogP contribution in [0, 0.1) is 11.3 Å². The number of carboxylic acids is 1. The van der Waals surface area contributed by atoms with E-state index < -0.39 is 35.5 Å². The van der Waals surface area contributed by atoms with E-state index in [0.29, 0.717) is 13.0 Å². The van der Waals surface area contributed by atoms with Crippen molar-refractivity contribution in [2.24, 2.45) is 11.3 Å². The van der Waals surface area contributed by atoms with Crippen molar-refractivity contribution in [1.29, 1.82) is 0 Å². The molecule has 2 amide bonds. The highest BCUT2D eigenvalue weighted by Crippen LogP contribution is 2.44. The molecule has 2 aliphatic rings. The maximum atomic E-state index is 13.4. The number of benzene rings is 2. The molecule has 7 heteroatoms. The predicted octanol–water partition coefficient (Wildman–Crippen LogP) is 4.26. The standard InChI is InChI=1S/C27H32N2O5/c1-16-13-14-29(22(16)25(31)32)24(30)23(27(2,3)4)28-26(33)34-15-21-19-11-7-5-9-17(19)18-10-6-8-12-20(18)21/h5-12,16,21-23H,13-15H2,1-4H3,(H,28,33)(H,31,32)/t16?,22?,23-/m0/s1. The molecule has 34 heavy (non-hydrogen) atoms. The van der Waals surface area contributed by atoms with E-state index in [1.807, 2.05) is 64.1 Å². The molecule has 2 unspecified atom stereocenters. The van der Waals surface area contributed by atoms with Crippen LogP contribution >= 0.6 is 0 Å². The van der Waals surface area contributed by atoms with Gasteiger partial charge >= 0.3 is 12.1 Å². The van der Waals surface area contributed by atoms with Gasteiger partial charge in [0.15, 0.2) is 0 Å². The second-order valence-corrected chi connectivity index (χ2v) is 10.3. The van der Waals surface area contributed by atoms with Gasteiger partial charge in [0.25, 0.3) is 0 Å². The summed E-state index contributed by atoms with van der Waals surface area (Å²) < 4.78 is 5.64. The third-order valence-corrected chi connectivity index (χ3v) is 6.96. The minimum Gasteiger partial charge on any atom is -0.480 e. The van der Waals surface area contributed by atoms with Gasteiger partial charge in [-0.15, -0.1) is 0 Å². The summed E-state index contributed by atoms with van der Waals surface area (Å²) in [5, 5.41) is 12.4. The van der Waals surface area contributed by atoms with Crippen molar-refractivity contribution >= 4 is 18.0 Å². The SMILES string of the molecule is CC1CCN(C(=O)[C@H](NC(=O)OCC2c3ccccc3-c3ccccc32)C(C)(C)C)C1C(=O)O. The van der Waals surface area contributed by atoms with Crippen LogP contribution in [0.25, 0.3) is 11.1 Å². The molecule has 0 radical (unpaired) electrons. The lowest BCUT2D eigenvalue weighted by molar-refractivity contribution is -0.151. The molecule has 0 saturated carbocycles. The van der Waals surface area contributed by atoms with Gasteiger partial charge in [-0.3, -0.25) is 4.79 Å². The van der Waals surface area contributed by atoms with E-state index in [1.54, 1.807) is 0 Å². The number of carboxylic acid groups (broad SMARTS) is 1. The smallest absolute Gasteiger partial charge is 0.407 e. The van der Waals surface area contributed by atoms with Gasteiger partial charge in [0, 0.05) is 12.5 Å². The van der Waals surface area contributed by atoms with E-state index >= 15 is 0 Å². The Labute approximate surface area is 200 Å². The third-order valence-electron chi connectivity index (χ3n) is 6.96. The fourth-order valence-electron chi connectivity index (χ4n) is 5.14. The number of likely N-dealkylation sites (tertiary alicyclic amines) is 1. The van der Waals surface area contributed by atoms with Gasteiger partial charge < -0.3 is 20.1 Å². The Kier molecular flexibility index (Phi) is 6.39. The van der Waals surface area contributed by atoms with Crippen molar-refractivity contribution in [3.8, 4) is 11.1 Å². The van der Waals surface area contributed by atoms with Gasteiger partial charge in [0.05, 0.1) is 0 Å². The van der Waals surface area contributed by atoms with Crippen LogP contribution in [-0.4, -0.2) is 53.2 Å². The first-order valence-corrected chi connectivity index (χ1v) is 11.7. The number of hydrogen-bond donors (Lipinski definition) is 2. The van der Waals surface area contributed by atoms with Gasteiger partial charge in [0.2, 0.25) is 5.91 Å². The first kappa shape index (κ1) is 23.8. The molecule has 3 atom stereocenters. The summed E-state index contributed by atoms with van der Waals surface area (Å²) in [6.07, 6.45) is -0.0703. The number of amides is 2. The Morgan fingerprint density at radius 2 is 1.62 bits per heavy atom. The number of carbonyl (C=O) groups excluding carboxylic acids is 2. The summed E-state index contributed by atoms with van der Waals surface area (Å²) >= 11 is 0. The van der Waals surface area contributed by atoms with Crippen LogP contribution in [0.4, 0.5) is 4.79 Å². The summed E-state index contributed by atoms with van der Waals surface area (Å²) in [6, 6.07) is 14.4. The highest BCUT2D eigenvalue weighted by Gasteiger charge is 2.45. The second kappa shape index (κ2) is 9.12. The molecule has 1 saturated heterocycles. The Bertz CT molecular complexity index is 1060. The zero-order chi connectivity index (χ0) is 24.6. The number of alkyl carbamates (subject to hydrolysis) is 1. The summed E-state index contributed by atoms with van der Waals surface area (Å²) in [5.74, 6) is -1.64. The Balaban J connectivity index is 1.48. The predicted molar refractivity (Wildman–Crippen MR) is 128 cm³/mol. The molecule has 0 spiro atoms. The van der Waals surface area contributed by atoms with Crippen molar-refractivity contribution < 1.29 is 24.2 Å². The lowest BCUT2D eigenvalue weighted by atomic mass is 9.85. The Morgan fingerprint density at radius 1 is 1.06 bits per heavy atom. The monoisotopic (exact) mass is 464 g/mol. The number of aliphatic carboxylic acids is 1. The minimum absolute atomic E-state index is 0.0854. The number of rotatable bonds is 5. The Hall–Kier alpha value is -3.35. The van der Waals surface area contributed by atoms with Gasteiger partial charge in [0.1, 0.15) is 18.7 Å². The topological polar surface area (TPSA) is 95.9 Å². The fraction of sp³-hybridized carbons (Fsp3) is 0.444. The first-order chi connectivity index (χ1) is 16.1. The number of hydrogen-bond acceptors (Lipinski definition) is 4. The van der Waals surface area contributed by atoms with Crippen LogP contribution in [0.5, 0.6) is 0 Å². The van der Waals surface area contributed by atoms with Crippen LogP contribution in [0.15, 0.2) is 48.5 Å². The highest BCUT2D eigenvalue weighted by molar-refractivity contribution is 5.90. The maximum absolute atomic E-state index is 13.4. The van der Waals surface area contributed by atoms with Gasteiger partial charge in [-0.1, -0.05) is 76.2 Å². The van der Waals surface area contributed by atoms with Crippen LogP contribution in [-0.2, 0) is 14.3 Å². The van der Waals surface area contributed by atoms with Crippen molar-refractivity contribution in [2.45, 2.75) is 52.1 Å². The molecular weight excluding hydrogens is 432 g/mol. The average Bonchev–Trinajstić information content (AvgIpc) is 3.33. The molecule has 2 aromatic rings. The van der Waals surface area contributed by atoms with E-state index in [-0.39, 0.29) is 18.4 Å². The highest BCUT2D eigenvalue weighted by atomic mass is 16.5. The van der Waals surface area contributed by atoms with Crippen molar-refractivity contribution in [3.63, 3.8) is 0 Å².